The topological polar surface area (TPSA) is 67.8 Å². The Morgan fingerprint density at radius 1 is 1.30 bits per heavy atom. The van der Waals surface area contributed by atoms with Gasteiger partial charge in [-0.25, -0.2) is 0 Å². The van der Waals surface area contributed by atoms with Crippen molar-refractivity contribution in [2.45, 2.75) is 32.3 Å². The second-order valence-corrected chi connectivity index (χ2v) is 4.71. The number of amides is 1. The average Bonchev–Trinajstić information content (AvgIpc) is 2.43. The molecule has 1 unspecified atom stereocenters. The van der Waals surface area contributed by atoms with Gasteiger partial charge in [-0.1, -0.05) is 6.07 Å². The zero-order chi connectivity index (χ0) is 15.0. The molecule has 1 rings (SSSR count). The van der Waals surface area contributed by atoms with E-state index >= 15 is 0 Å². The molecule has 1 amide bonds. The van der Waals surface area contributed by atoms with Crippen molar-refractivity contribution in [2.75, 3.05) is 20.8 Å². The van der Waals surface area contributed by atoms with Crippen molar-refractivity contribution in [3.8, 4) is 11.5 Å². The summed E-state index contributed by atoms with van der Waals surface area (Å²) in [4.78, 5) is 11.8. The summed E-state index contributed by atoms with van der Waals surface area (Å²) in [6, 6.07) is 5.43. The van der Waals surface area contributed by atoms with Crippen LogP contribution in [-0.4, -0.2) is 37.9 Å². The fourth-order valence-electron chi connectivity index (χ4n) is 1.86. The first kappa shape index (κ1) is 16.3. The fourth-order valence-corrected chi connectivity index (χ4v) is 1.86. The summed E-state index contributed by atoms with van der Waals surface area (Å²) in [5.74, 6) is 1.23. The van der Waals surface area contributed by atoms with E-state index in [-0.39, 0.29) is 12.0 Å². The molecule has 0 heterocycles. The van der Waals surface area contributed by atoms with E-state index in [0.29, 0.717) is 30.9 Å². The summed E-state index contributed by atoms with van der Waals surface area (Å²) in [5, 5.41) is 12.0. The number of benzene rings is 1. The SMILES string of the molecule is COc1ccc(CC(=O)NCCCC(C)O)cc1OC. The highest BCUT2D eigenvalue weighted by molar-refractivity contribution is 5.78. The molecular weight excluding hydrogens is 258 g/mol. The van der Waals surface area contributed by atoms with Gasteiger partial charge in [-0.15, -0.1) is 0 Å². The third-order valence-electron chi connectivity index (χ3n) is 2.93. The Hall–Kier alpha value is -1.75. The Balaban J connectivity index is 2.45. The number of nitrogens with one attached hydrogen (secondary N) is 1. The van der Waals surface area contributed by atoms with Crippen LogP contribution >= 0.6 is 0 Å². The van der Waals surface area contributed by atoms with Gasteiger partial charge in [0.15, 0.2) is 11.5 Å². The molecule has 0 aromatic heterocycles. The van der Waals surface area contributed by atoms with E-state index in [1.54, 1.807) is 33.3 Å². The van der Waals surface area contributed by atoms with E-state index < -0.39 is 0 Å². The summed E-state index contributed by atoms with van der Waals surface area (Å²) >= 11 is 0. The normalized spacial score (nSPS) is 11.8. The van der Waals surface area contributed by atoms with Crippen molar-refractivity contribution in [3.05, 3.63) is 23.8 Å². The molecule has 2 N–H and O–H groups in total. The molecule has 0 aliphatic heterocycles. The number of aliphatic hydroxyl groups is 1. The summed E-state index contributed by atoms with van der Waals surface area (Å²) < 4.78 is 10.3. The number of hydrogen-bond acceptors (Lipinski definition) is 4. The first-order valence-corrected chi connectivity index (χ1v) is 6.72. The van der Waals surface area contributed by atoms with Gasteiger partial charge in [0.05, 0.1) is 26.7 Å². The van der Waals surface area contributed by atoms with Gasteiger partial charge >= 0.3 is 0 Å². The molecule has 20 heavy (non-hydrogen) atoms. The Labute approximate surface area is 119 Å². The average molecular weight is 281 g/mol. The number of ether oxygens (including phenoxy) is 2. The van der Waals surface area contributed by atoms with Gasteiger partial charge in [-0.3, -0.25) is 4.79 Å². The van der Waals surface area contributed by atoms with Crippen LogP contribution in [0.2, 0.25) is 0 Å². The predicted octanol–water partition coefficient (Wildman–Crippen LogP) is 1.52. The van der Waals surface area contributed by atoms with Crippen LogP contribution in [0.5, 0.6) is 11.5 Å². The molecular formula is C15H23NO4. The highest BCUT2D eigenvalue weighted by Gasteiger charge is 2.08. The minimum absolute atomic E-state index is 0.0391. The number of aliphatic hydroxyl groups excluding tert-OH is 1. The van der Waals surface area contributed by atoms with E-state index in [1.807, 2.05) is 6.07 Å². The second kappa shape index (κ2) is 8.43. The van der Waals surface area contributed by atoms with Crippen LogP contribution in [-0.2, 0) is 11.2 Å². The minimum atomic E-state index is -0.322. The Morgan fingerprint density at radius 2 is 2.00 bits per heavy atom. The number of rotatable bonds is 8. The summed E-state index contributed by atoms with van der Waals surface area (Å²) in [5.41, 5.74) is 0.871. The smallest absolute Gasteiger partial charge is 0.224 e. The molecule has 5 nitrogen and oxygen atoms in total. The molecule has 0 saturated carbocycles. The van der Waals surface area contributed by atoms with Crippen LogP contribution < -0.4 is 14.8 Å². The van der Waals surface area contributed by atoms with Gasteiger partial charge in [0.2, 0.25) is 5.91 Å². The van der Waals surface area contributed by atoms with Crippen molar-refractivity contribution in [2.24, 2.45) is 0 Å². The van der Waals surface area contributed by atoms with Gasteiger partial charge in [-0.2, -0.15) is 0 Å². The van der Waals surface area contributed by atoms with Crippen molar-refractivity contribution < 1.29 is 19.4 Å². The quantitative estimate of drug-likeness (QED) is 0.709. The zero-order valence-corrected chi connectivity index (χ0v) is 12.3. The molecule has 5 heteroatoms. The van der Waals surface area contributed by atoms with E-state index in [0.717, 1.165) is 12.0 Å². The van der Waals surface area contributed by atoms with Crippen molar-refractivity contribution in [1.29, 1.82) is 0 Å². The molecule has 1 aromatic rings. The Morgan fingerprint density at radius 3 is 2.60 bits per heavy atom. The first-order valence-electron chi connectivity index (χ1n) is 6.72. The molecule has 0 bridgehead atoms. The molecule has 0 spiro atoms. The summed E-state index contributed by atoms with van der Waals surface area (Å²) in [7, 11) is 3.14. The number of carbonyl (C=O) groups excluding carboxylic acids is 1. The van der Waals surface area contributed by atoms with E-state index in [2.05, 4.69) is 5.32 Å². The monoisotopic (exact) mass is 281 g/mol. The molecule has 0 aliphatic rings. The van der Waals surface area contributed by atoms with Gasteiger partial charge in [-0.05, 0) is 37.5 Å². The summed E-state index contributed by atoms with van der Waals surface area (Å²) in [6.45, 7) is 2.32. The second-order valence-electron chi connectivity index (χ2n) is 4.71. The van der Waals surface area contributed by atoms with E-state index in [9.17, 15) is 4.79 Å². The number of hydrogen-bond donors (Lipinski definition) is 2. The van der Waals surface area contributed by atoms with E-state index in [1.165, 1.54) is 0 Å². The van der Waals surface area contributed by atoms with Crippen LogP contribution in [0.25, 0.3) is 0 Å². The van der Waals surface area contributed by atoms with Gasteiger partial charge in [0, 0.05) is 6.54 Å². The highest BCUT2D eigenvalue weighted by Crippen LogP contribution is 2.27. The Bertz CT molecular complexity index is 432. The lowest BCUT2D eigenvalue weighted by atomic mass is 10.1. The minimum Gasteiger partial charge on any atom is -0.493 e. The first-order chi connectivity index (χ1) is 9.56. The maximum absolute atomic E-state index is 11.8. The lowest BCUT2D eigenvalue weighted by Gasteiger charge is -2.10. The standard InChI is InChI=1S/C15H23NO4/c1-11(17)5-4-8-16-15(18)10-12-6-7-13(19-2)14(9-12)20-3/h6-7,9,11,17H,4-5,8,10H2,1-3H3,(H,16,18). The lowest BCUT2D eigenvalue weighted by Crippen LogP contribution is -2.26. The van der Waals surface area contributed by atoms with Gasteiger partial charge in [0.1, 0.15) is 0 Å². The van der Waals surface area contributed by atoms with Gasteiger partial charge in [0.25, 0.3) is 0 Å². The molecule has 0 radical (unpaired) electrons. The number of carbonyl (C=O) groups is 1. The third-order valence-corrected chi connectivity index (χ3v) is 2.93. The largest absolute Gasteiger partial charge is 0.493 e. The molecule has 0 fully saturated rings. The van der Waals surface area contributed by atoms with Gasteiger partial charge < -0.3 is 19.9 Å². The summed E-state index contributed by atoms with van der Waals surface area (Å²) in [6.07, 6.45) is 1.44. The highest BCUT2D eigenvalue weighted by atomic mass is 16.5. The van der Waals surface area contributed by atoms with Crippen LogP contribution in [0, 0.1) is 0 Å². The predicted molar refractivity (Wildman–Crippen MR) is 77.2 cm³/mol. The van der Waals surface area contributed by atoms with Crippen LogP contribution in [0.4, 0.5) is 0 Å². The van der Waals surface area contributed by atoms with Crippen LogP contribution in [0.15, 0.2) is 18.2 Å². The lowest BCUT2D eigenvalue weighted by molar-refractivity contribution is -0.120. The van der Waals surface area contributed by atoms with Crippen LogP contribution in [0.3, 0.4) is 0 Å². The molecule has 0 saturated heterocycles. The molecule has 1 aromatic carbocycles. The number of methoxy groups -OCH3 is 2. The maximum atomic E-state index is 11.8. The zero-order valence-electron chi connectivity index (χ0n) is 12.3. The van der Waals surface area contributed by atoms with Crippen molar-refractivity contribution >= 4 is 5.91 Å². The maximum Gasteiger partial charge on any atom is 0.224 e. The molecule has 1 atom stereocenters. The van der Waals surface area contributed by atoms with Crippen LogP contribution in [0.1, 0.15) is 25.3 Å². The molecule has 112 valence electrons. The molecule has 0 aliphatic carbocycles. The van der Waals surface area contributed by atoms with Crippen molar-refractivity contribution in [3.63, 3.8) is 0 Å². The van der Waals surface area contributed by atoms with E-state index in [4.69, 9.17) is 14.6 Å². The fraction of sp³-hybridized carbons (Fsp3) is 0.533. The third kappa shape index (κ3) is 5.48. The Kier molecular flexibility index (Phi) is 6.87. The van der Waals surface area contributed by atoms with Crippen molar-refractivity contribution in [1.82, 2.24) is 5.32 Å².